The lowest BCUT2D eigenvalue weighted by Crippen LogP contribution is -2.57. The highest BCUT2D eigenvalue weighted by Gasteiger charge is 2.55. The molecule has 3 nitrogen and oxygen atoms in total. The van der Waals surface area contributed by atoms with Crippen molar-refractivity contribution in [1.29, 1.82) is 0 Å². The molecule has 2 bridgehead atoms. The quantitative estimate of drug-likeness (QED) is 0.579. The van der Waals surface area contributed by atoms with Gasteiger partial charge in [-0.2, -0.15) is 0 Å². The number of carbonyl (C=O) groups is 1. The number of likely N-dealkylation sites (N-methyl/N-ethyl adjacent to an activating group) is 1. The zero-order chi connectivity index (χ0) is 18.1. The van der Waals surface area contributed by atoms with Gasteiger partial charge in [0.15, 0.2) is 6.10 Å². The number of ether oxygens (including phenoxy) is 1. The van der Waals surface area contributed by atoms with E-state index in [2.05, 4.69) is 44.3 Å². The fraction of sp³-hybridized carbons (Fsp3) is 0.696. The normalized spacial score (nSPS) is 39.5. The maximum absolute atomic E-state index is 13.2. The molecule has 2 aliphatic heterocycles. The average Bonchev–Trinajstić information content (AvgIpc) is 2.83. The van der Waals surface area contributed by atoms with Crippen LogP contribution >= 0.6 is 0 Å². The fourth-order valence-corrected chi connectivity index (χ4v) is 6.14. The summed E-state index contributed by atoms with van der Waals surface area (Å²) < 4.78 is 7.37. The molecule has 1 saturated carbocycles. The van der Waals surface area contributed by atoms with Crippen LogP contribution in [0.4, 0.5) is 0 Å². The van der Waals surface area contributed by atoms with Crippen LogP contribution in [0.1, 0.15) is 69.8 Å². The van der Waals surface area contributed by atoms with Crippen molar-refractivity contribution in [2.75, 3.05) is 13.6 Å². The largest absolute Gasteiger partial charge is 0.456 e. The minimum Gasteiger partial charge on any atom is -0.456 e. The smallest absolute Gasteiger partial charge is 0.310 e. The first kappa shape index (κ1) is 18.0. The zero-order valence-corrected chi connectivity index (χ0v) is 16.4. The van der Waals surface area contributed by atoms with Crippen molar-refractivity contribution >= 4 is 5.97 Å². The number of fused-ring (bicyclic) bond motifs is 2. The first-order valence-corrected chi connectivity index (χ1v) is 10.7. The molecule has 2 unspecified atom stereocenters. The van der Waals surface area contributed by atoms with Gasteiger partial charge in [-0.05, 0) is 44.1 Å². The highest BCUT2D eigenvalue weighted by Crippen LogP contribution is 2.44. The van der Waals surface area contributed by atoms with Crippen LogP contribution in [0.15, 0.2) is 30.3 Å². The van der Waals surface area contributed by atoms with Gasteiger partial charge in [0.2, 0.25) is 0 Å². The number of quaternary nitrogens is 1. The van der Waals surface area contributed by atoms with E-state index in [4.69, 9.17) is 4.74 Å². The maximum Gasteiger partial charge on any atom is 0.310 e. The molecule has 3 fully saturated rings. The third kappa shape index (κ3) is 3.09. The number of nitrogens with zero attached hydrogens (tertiary/aromatic N) is 1. The molecule has 3 aliphatic rings. The van der Waals surface area contributed by atoms with Crippen molar-refractivity contribution in [2.24, 2.45) is 5.92 Å². The van der Waals surface area contributed by atoms with Crippen LogP contribution in [0.3, 0.4) is 0 Å². The summed E-state index contributed by atoms with van der Waals surface area (Å²) in [5.41, 5.74) is 1.31. The molecule has 26 heavy (non-hydrogen) atoms. The number of benzene rings is 1. The molecule has 0 spiro atoms. The Labute approximate surface area is 158 Å². The molecule has 1 aromatic rings. The average molecular weight is 357 g/mol. The summed E-state index contributed by atoms with van der Waals surface area (Å²) >= 11 is 0. The maximum atomic E-state index is 13.2. The van der Waals surface area contributed by atoms with Crippen LogP contribution in [0.2, 0.25) is 0 Å². The summed E-state index contributed by atoms with van der Waals surface area (Å²) in [4.78, 5) is 13.2. The predicted molar refractivity (Wildman–Crippen MR) is 104 cm³/mol. The highest BCUT2D eigenvalue weighted by molar-refractivity contribution is 5.74. The van der Waals surface area contributed by atoms with Crippen molar-refractivity contribution in [1.82, 2.24) is 0 Å². The van der Waals surface area contributed by atoms with Crippen molar-refractivity contribution in [3.8, 4) is 0 Å². The topological polar surface area (TPSA) is 26.3 Å². The summed E-state index contributed by atoms with van der Waals surface area (Å²) in [6.45, 7) is 3.45. The van der Waals surface area contributed by atoms with Crippen LogP contribution in [0, 0.1) is 5.92 Å². The Morgan fingerprint density at radius 3 is 2.58 bits per heavy atom. The number of piperidine rings is 1. The Kier molecular flexibility index (Phi) is 5.09. The molecule has 3 heteroatoms. The van der Waals surface area contributed by atoms with Gasteiger partial charge in [0.25, 0.3) is 0 Å². The van der Waals surface area contributed by atoms with E-state index < -0.39 is 0 Å². The van der Waals surface area contributed by atoms with E-state index in [9.17, 15) is 4.79 Å². The van der Waals surface area contributed by atoms with Gasteiger partial charge < -0.3 is 9.22 Å². The number of hydrogen-bond donors (Lipinski definition) is 0. The van der Waals surface area contributed by atoms with E-state index in [-0.39, 0.29) is 18.0 Å². The second-order valence-electron chi connectivity index (χ2n) is 8.93. The summed E-state index contributed by atoms with van der Waals surface area (Å²) in [6.07, 6.45) is 9.50. The molecule has 142 valence electrons. The minimum absolute atomic E-state index is 0.0481. The van der Waals surface area contributed by atoms with Gasteiger partial charge in [-0.3, -0.25) is 4.79 Å². The number of rotatable bonds is 4. The zero-order valence-electron chi connectivity index (χ0n) is 16.4. The monoisotopic (exact) mass is 356 g/mol. The fourth-order valence-electron chi connectivity index (χ4n) is 6.14. The lowest BCUT2D eigenvalue weighted by atomic mass is 9.75. The van der Waals surface area contributed by atoms with Crippen molar-refractivity contribution in [3.05, 3.63) is 35.9 Å². The van der Waals surface area contributed by atoms with Gasteiger partial charge in [-0.15, -0.1) is 0 Å². The second-order valence-corrected chi connectivity index (χ2v) is 8.93. The molecule has 0 amide bonds. The van der Waals surface area contributed by atoms with Gasteiger partial charge in [0, 0.05) is 12.8 Å². The molecule has 1 aliphatic carbocycles. The van der Waals surface area contributed by atoms with Crippen LogP contribution in [0.5, 0.6) is 0 Å². The van der Waals surface area contributed by atoms with Crippen LogP contribution < -0.4 is 0 Å². The van der Waals surface area contributed by atoms with E-state index in [0.717, 1.165) is 36.7 Å². The van der Waals surface area contributed by atoms with Crippen LogP contribution in [-0.2, 0) is 9.53 Å². The molecule has 0 radical (unpaired) electrons. The van der Waals surface area contributed by atoms with Gasteiger partial charge >= 0.3 is 5.97 Å². The molecular formula is C23H34NO2+. The van der Waals surface area contributed by atoms with E-state index >= 15 is 0 Å². The number of hydrogen-bond acceptors (Lipinski definition) is 2. The van der Waals surface area contributed by atoms with E-state index in [1.165, 1.54) is 31.2 Å². The first-order chi connectivity index (χ1) is 12.6. The Morgan fingerprint density at radius 1 is 1.08 bits per heavy atom. The van der Waals surface area contributed by atoms with Crippen molar-refractivity contribution in [2.45, 2.75) is 82.4 Å². The summed E-state index contributed by atoms with van der Waals surface area (Å²) in [5.74, 6) is 0.469. The lowest BCUT2D eigenvalue weighted by molar-refractivity contribution is -0.948. The summed E-state index contributed by atoms with van der Waals surface area (Å²) in [7, 11) is 2.38. The molecule has 4 rings (SSSR count). The van der Waals surface area contributed by atoms with Crippen molar-refractivity contribution < 1.29 is 14.0 Å². The lowest BCUT2D eigenvalue weighted by Gasteiger charge is -2.44. The molecule has 0 N–H and O–H groups in total. The van der Waals surface area contributed by atoms with Crippen LogP contribution in [0.25, 0.3) is 0 Å². The van der Waals surface area contributed by atoms with E-state index in [0.29, 0.717) is 18.0 Å². The molecule has 2 heterocycles. The second kappa shape index (κ2) is 7.34. The predicted octanol–water partition coefficient (Wildman–Crippen LogP) is 4.66. The van der Waals surface area contributed by atoms with E-state index in [1.807, 2.05) is 0 Å². The van der Waals surface area contributed by atoms with Gasteiger partial charge in [0.1, 0.15) is 6.04 Å². The first-order valence-electron chi connectivity index (χ1n) is 10.7. The van der Waals surface area contributed by atoms with Gasteiger partial charge in [0.05, 0.1) is 25.6 Å². The Hall–Kier alpha value is -1.35. The summed E-state index contributed by atoms with van der Waals surface area (Å²) in [6, 6.07) is 11.8. The SMILES string of the molecule is CC[N@@+]1(C)[C@H]2CCC[C@@H]1[C@H](OC(=O)C1CCCCC1c1ccccc1)C2. The third-order valence-electron chi connectivity index (χ3n) is 7.81. The highest BCUT2D eigenvalue weighted by atomic mass is 16.5. The van der Waals surface area contributed by atoms with Crippen molar-refractivity contribution in [3.63, 3.8) is 0 Å². The van der Waals surface area contributed by atoms with Gasteiger partial charge in [-0.25, -0.2) is 0 Å². The number of carbonyl (C=O) groups excluding carboxylic acids is 1. The Bertz CT molecular complexity index is 630. The summed E-state index contributed by atoms with van der Waals surface area (Å²) in [5, 5.41) is 0. The number of esters is 1. The molecule has 0 aromatic heterocycles. The Balaban J connectivity index is 1.49. The molecular weight excluding hydrogens is 322 g/mol. The standard InChI is InChI=1S/C23H34NO2/c1-3-24(2)18-12-9-15-21(24)22(16-18)26-23(25)20-14-8-7-13-19(20)17-10-5-4-6-11-17/h4-6,10-11,18-22H,3,7-9,12-16H2,1-2H3/q+1/t18-,19?,20?,21+,22+,24-/m0/s1. The molecule has 2 saturated heterocycles. The van der Waals surface area contributed by atoms with Gasteiger partial charge in [-0.1, -0.05) is 43.2 Å². The third-order valence-corrected chi connectivity index (χ3v) is 7.81. The van der Waals surface area contributed by atoms with Crippen LogP contribution in [-0.4, -0.2) is 42.2 Å². The van der Waals surface area contributed by atoms with E-state index in [1.54, 1.807) is 0 Å². The Morgan fingerprint density at radius 2 is 1.85 bits per heavy atom. The molecule has 6 atom stereocenters. The minimum atomic E-state index is 0.0481. The molecule has 1 aromatic carbocycles.